The first-order chi connectivity index (χ1) is 17.8. The normalized spacial score (nSPS) is 14.9. The molecule has 3 N–H and O–H groups in total. The number of benzene rings is 2. The summed E-state index contributed by atoms with van der Waals surface area (Å²) in [5.41, 5.74) is 7.71. The summed E-state index contributed by atoms with van der Waals surface area (Å²) in [5, 5.41) is 12.7. The van der Waals surface area contributed by atoms with Gasteiger partial charge in [-0.25, -0.2) is 4.79 Å². The van der Waals surface area contributed by atoms with E-state index in [1.54, 1.807) is 32.9 Å². The van der Waals surface area contributed by atoms with Gasteiger partial charge in [-0.1, -0.05) is 46.3 Å². The molecule has 2 aromatic carbocycles. The second kappa shape index (κ2) is 12.8. The molecule has 1 heterocycles. The molecule has 0 bridgehead atoms. The van der Waals surface area contributed by atoms with Crippen LogP contribution >= 0.6 is 15.9 Å². The lowest BCUT2D eigenvalue weighted by molar-refractivity contribution is -0.139. The number of esters is 1. The predicted molar refractivity (Wildman–Crippen MR) is 139 cm³/mol. The number of rotatable bonds is 10. The molecule has 1 aliphatic rings. The van der Waals surface area contributed by atoms with Crippen molar-refractivity contribution in [2.45, 2.75) is 33.2 Å². The van der Waals surface area contributed by atoms with Crippen molar-refractivity contribution in [2.24, 2.45) is 5.73 Å². The smallest absolute Gasteiger partial charge is 0.338 e. The third-order valence-electron chi connectivity index (χ3n) is 5.47. The molecule has 0 radical (unpaired) electrons. The molecule has 2 aromatic rings. The standard InChI is InChI=1S/C27H28BrN3O6/c1-4-34-21-11-18(25-19(13-29)26(30)37-16(3)24(25)27(33)35-5-2)20(28)12-22(21)36-15-23(32)31-14-17-9-7-6-8-10-17/h6-12,25H,4-5,14-15,30H2,1-3H3,(H,31,32). The fraction of sp³-hybridized carbons (Fsp3) is 0.296. The van der Waals surface area contributed by atoms with E-state index in [9.17, 15) is 14.9 Å². The molecule has 10 heteroatoms. The van der Waals surface area contributed by atoms with E-state index >= 15 is 0 Å². The average molecular weight is 570 g/mol. The zero-order chi connectivity index (χ0) is 26.9. The van der Waals surface area contributed by atoms with Crippen molar-refractivity contribution in [2.75, 3.05) is 19.8 Å². The van der Waals surface area contributed by atoms with Crippen molar-refractivity contribution in [3.8, 4) is 17.6 Å². The number of hydrogen-bond acceptors (Lipinski definition) is 8. The monoisotopic (exact) mass is 569 g/mol. The van der Waals surface area contributed by atoms with Gasteiger partial charge in [-0.3, -0.25) is 4.79 Å². The molecule has 9 nitrogen and oxygen atoms in total. The van der Waals surface area contributed by atoms with Gasteiger partial charge in [0.1, 0.15) is 17.4 Å². The highest BCUT2D eigenvalue weighted by atomic mass is 79.9. The topological polar surface area (TPSA) is 133 Å². The highest BCUT2D eigenvalue weighted by Crippen LogP contribution is 2.45. The lowest BCUT2D eigenvalue weighted by Crippen LogP contribution is -2.28. The molecule has 0 saturated heterocycles. The van der Waals surface area contributed by atoms with Crippen molar-refractivity contribution in [1.29, 1.82) is 5.26 Å². The Balaban J connectivity index is 1.91. The van der Waals surface area contributed by atoms with Gasteiger partial charge in [0.25, 0.3) is 5.91 Å². The van der Waals surface area contributed by atoms with Gasteiger partial charge in [-0.15, -0.1) is 0 Å². The summed E-state index contributed by atoms with van der Waals surface area (Å²) in [7, 11) is 0. The summed E-state index contributed by atoms with van der Waals surface area (Å²) >= 11 is 3.52. The van der Waals surface area contributed by atoms with Crippen LogP contribution in [0.4, 0.5) is 0 Å². The number of carbonyl (C=O) groups is 2. The molecule has 0 saturated carbocycles. The molecule has 1 aliphatic heterocycles. The summed E-state index contributed by atoms with van der Waals surface area (Å²) < 4.78 is 22.8. The van der Waals surface area contributed by atoms with Crippen molar-refractivity contribution < 1.29 is 28.5 Å². The minimum absolute atomic E-state index is 0.0609. The third kappa shape index (κ3) is 6.62. The Kier molecular flexibility index (Phi) is 9.57. The van der Waals surface area contributed by atoms with Crippen LogP contribution in [0.25, 0.3) is 0 Å². The molecule has 1 atom stereocenters. The van der Waals surface area contributed by atoms with E-state index in [-0.39, 0.29) is 41.9 Å². The van der Waals surface area contributed by atoms with Crippen LogP contribution < -0.4 is 20.5 Å². The third-order valence-corrected chi connectivity index (χ3v) is 6.15. The lowest BCUT2D eigenvalue weighted by Gasteiger charge is -2.28. The molecule has 37 heavy (non-hydrogen) atoms. The number of nitrogens with one attached hydrogen (secondary N) is 1. The van der Waals surface area contributed by atoms with Crippen LogP contribution in [0.5, 0.6) is 11.5 Å². The number of allylic oxidation sites excluding steroid dienone is 2. The number of halogens is 1. The maximum atomic E-state index is 12.8. The Morgan fingerprint density at radius 2 is 1.84 bits per heavy atom. The summed E-state index contributed by atoms with van der Waals surface area (Å²) in [5.74, 6) is -1.01. The second-order valence-electron chi connectivity index (χ2n) is 7.92. The van der Waals surface area contributed by atoms with E-state index in [1.807, 2.05) is 30.3 Å². The lowest BCUT2D eigenvalue weighted by atomic mass is 9.83. The van der Waals surface area contributed by atoms with Crippen molar-refractivity contribution in [1.82, 2.24) is 5.32 Å². The van der Waals surface area contributed by atoms with Crippen LogP contribution in [0.3, 0.4) is 0 Å². The quantitative estimate of drug-likeness (QED) is 0.407. The average Bonchev–Trinajstić information content (AvgIpc) is 2.87. The van der Waals surface area contributed by atoms with Gasteiger partial charge in [-0.05, 0) is 44.0 Å². The fourth-order valence-electron chi connectivity index (χ4n) is 3.81. The van der Waals surface area contributed by atoms with Gasteiger partial charge < -0.3 is 30.0 Å². The zero-order valence-corrected chi connectivity index (χ0v) is 22.4. The Morgan fingerprint density at radius 3 is 2.49 bits per heavy atom. The van der Waals surface area contributed by atoms with E-state index in [4.69, 9.17) is 24.7 Å². The van der Waals surface area contributed by atoms with Crippen LogP contribution in [0.15, 0.2) is 69.7 Å². The molecule has 0 aliphatic carbocycles. The zero-order valence-electron chi connectivity index (χ0n) is 20.8. The van der Waals surface area contributed by atoms with Crippen LogP contribution in [-0.2, 0) is 25.6 Å². The maximum Gasteiger partial charge on any atom is 0.338 e. The van der Waals surface area contributed by atoms with E-state index in [0.717, 1.165) is 5.56 Å². The van der Waals surface area contributed by atoms with Crippen molar-refractivity contribution in [3.63, 3.8) is 0 Å². The predicted octanol–water partition coefficient (Wildman–Crippen LogP) is 4.19. The molecule has 1 amide bonds. The highest BCUT2D eigenvalue weighted by Gasteiger charge is 2.38. The first kappa shape index (κ1) is 27.6. The van der Waals surface area contributed by atoms with Gasteiger partial charge in [0.15, 0.2) is 18.1 Å². The van der Waals surface area contributed by atoms with Crippen LogP contribution in [0.2, 0.25) is 0 Å². The minimum Gasteiger partial charge on any atom is -0.490 e. The number of ether oxygens (including phenoxy) is 4. The minimum atomic E-state index is -0.866. The van der Waals surface area contributed by atoms with Crippen LogP contribution in [0.1, 0.15) is 37.8 Å². The SMILES string of the molecule is CCOC(=O)C1=C(C)OC(N)=C(C#N)C1c1cc(OCC)c(OCC(=O)NCc2ccccc2)cc1Br. The number of nitrogens with two attached hydrogens (primary N) is 1. The number of carbonyl (C=O) groups excluding carboxylic acids is 2. The summed E-state index contributed by atoms with van der Waals surface area (Å²) in [6, 6.07) is 14.9. The second-order valence-corrected chi connectivity index (χ2v) is 8.77. The van der Waals surface area contributed by atoms with Gasteiger partial charge in [-0.2, -0.15) is 5.26 Å². The first-order valence-corrected chi connectivity index (χ1v) is 12.4. The fourth-order valence-corrected chi connectivity index (χ4v) is 4.36. The Labute approximate surface area is 224 Å². The van der Waals surface area contributed by atoms with Crippen molar-refractivity contribution >= 4 is 27.8 Å². The Morgan fingerprint density at radius 1 is 1.14 bits per heavy atom. The molecule has 194 valence electrons. The molecule has 1 unspecified atom stereocenters. The van der Waals surface area contributed by atoms with Crippen LogP contribution in [0, 0.1) is 11.3 Å². The molecule has 3 rings (SSSR count). The maximum absolute atomic E-state index is 12.8. The van der Waals surface area contributed by atoms with E-state index < -0.39 is 11.9 Å². The Bertz CT molecular complexity index is 1270. The summed E-state index contributed by atoms with van der Waals surface area (Å²) in [6.45, 7) is 5.68. The van der Waals surface area contributed by atoms with E-state index in [1.165, 1.54) is 0 Å². The van der Waals surface area contributed by atoms with E-state index in [0.29, 0.717) is 34.7 Å². The largest absolute Gasteiger partial charge is 0.490 e. The van der Waals surface area contributed by atoms with Crippen LogP contribution in [-0.4, -0.2) is 31.7 Å². The molecular formula is C27H28BrN3O6. The summed E-state index contributed by atoms with van der Waals surface area (Å²) in [4.78, 5) is 25.2. The van der Waals surface area contributed by atoms with Gasteiger partial charge in [0, 0.05) is 11.0 Å². The molecular weight excluding hydrogens is 542 g/mol. The van der Waals surface area contributed by atoms with Gasteiger partial charge in [0.05, 0.1) is 24.7 Å². The van der Waals surface area contributed by atoms with E-state index in [2.05, 4.69) is 27.3 Å². The number of nitrogens with zero attached hydrogens (tertiary/aromatic N) is 1. The van der Waals surface area contributed by atoms with Gasteiger partial charge >= 0.3 is 5.97 Å². The number of hydrogen-bond donors (Lipinski definition) is 2. The van der Waals surface area contributed by atoms with Gasteiger partial charge in [0.2, 0.25) is 5.88 Å². The van der Waals surface area contributed by atoms with Crippen molar-refractivity contribution in [3.05, 3.63) is 80.9 Å². The highest BCUT2D eigenvalue weighted by molar-refractivity contribution is 9.10. The number of amides is 1. The molecule has 0 aromatic heterocycles. The molecule has 0 spiro atoms. The summed E-state index contributed by atoms with van der Waals surface area (Å²) in [6.07, 6.45) is 0. The Hall–Kier alpha value is -3.97. The first-order valence-electron chi connectivity index (χ1n) is 11.7. The number of nitriles is 1. The molecule has 0 fully saturated rings.